The molecule has 3 aromatic carbocycles. The lowest BCUT2D eigenvalue weighted by Gasteiger charge is -2.32. The van der Waals surface area contributed by atoms with E-state index in [0.29, 0.717) is 0 Å². The molecule has 0 amide bonds. The minimum Gasteiger partial charge on any atom is -0.311 e. The molecule has 4 rings (SSSR count). The zero-order chi connectivity index (χ0) is 35.1. The van der Waals surface area contributed by atoms with Gasteiger partial charge < -0.3 is 9.80 Å². The number of nitrogens with zero attached hydrogens (tertiary/aromatic N) is 2. The SMILES string of the molecule is C=Cc1ccc(N(C2=CCCC(C)=C2)c2c(C)cc(-c3cc(C)c(N(/C(C=C(C)C)=C/C)C(/C=C\C)=C/CC)c(C)c3)cc2C)cc1C. The van der Waals surface area contributed by atoms with E-state index < -0.39 is 0 Å². The van der Waals surface area contributed by atoms with Crippen molar-refractivity contribution in [3.8, 4) is 11.1 Å². The molecule has 1 aliphatic carbocycles. The predicted molar refractivity (Wildman–Crippen MR) is 214 cm³/mol. The zero-order valence-corrected chi connectivity index (χ0v) is 31.4. The van der Waals surface area contributed by atoms with E-state index in [1.165, 1.54) is 89.8 Å². The summed E-state index contributed by atoms with van der Waals surface area (Å²) in [4.78, 5) is 4.88. The van der Waals surface area contributed by atoms with E-state index in [1.54, 1.807) is 0 Å². The fraction of sp³-hybridized carbons (Fsp3) is 0.304. The van der Waals surface area contributed by atoms with Crippen LogP contribution in [0.4, 0.5) is 17.1 Å². The number of benzene rings is 3. The summed E-state index contributed by atoms with van der Waals surface area (Å²) in [6.45, 7) is 28.2. The van der Waals surface area contributed by atoms with Crippen LogP contribution in [0.2, 0.25) is 0 Å². The monoisotopic (exact) mass is 636 g/mol. The van der Waals surface area contributed by atoms with E-state index in [2.05, 4.69) is 178 Å². The molecule has 0 saturated heterocycles. The molecular weight excluding hydrogens is 581 g/mol. The van der Waals surface area contributed by atoms with E-state index in [4.69, 9.17) is 0 Å². The van der Waals surface area contributed by atoms with Crippen LogP contribution in [0, 0.1) is 34.6 Å². The molecule has 2 nitrogen and oxygen atoms in total. The van der Waals surface area contributed by atoms with Crippen molar-refractivity contribution in [2.45, 2.75) is 95.4 Å². The van der Waals surface area contributed by atoms with Crippen LogP contribution in [-0.4, -0.2) is 0 Å². The van der Waals surface area contributed by atoms with Gasteiger partial charge in [-0.3, -0.25) is 0 Å². The van der Waals surface area contributed by atoms with Gasteiger partial charge in [0.15, 0.2) is 0 Å². The molecule has 3 aromatic rings. The maximum Gasteiger partial charge on any atom is 0.0520 e. The Morgan fingerprint density at radius 2 is 1.40 bits per heavy atom. The van der Waals surface area contributed by atoms with Gasteiger partial charge in [0.05, 0.1) is 11.4 Å². The smallest absolute Gasteiger partial charge is 0.0520 e. The van der Waals surface area contributed by atoms with Gasteiger partial charge in [0.1, 0.15) is 0 Å². The molecule has 48 heavy (non-hydrogen) atoms. The van der Waals surface area contributed by atoms with Crippen molar-refractivity contribution >= 4 is 23.1 Å². The summed E-state index contributed by atoms with van der Waals surface area (Å²) < 4.78 is 0. The van der Waals surface area contributed by atoms with Crippen molar-refractivity contribution in [1.29, 1.82) is 0 Å². The quantitative estimate of drug-likeness (QED) is 0.193. The maximum atomic E-state index is 4.02. The first-order chi connectivity index (χ1) is 22.9. The second-order valence-corrected chi connectivity index (χ2v) is 13.5. The molecule has 0 heterocycles. The number of hydrogen-bond acceptors (Lipinski definition) is 2. The summed E-state index contributed by atoms with van der Waals surface area (Å²) >= 11 is 0. The molecule has 0 aliphatic heterocycles. The van der Waals surface area contributed by atoms with Crippen LogP contribution in [0.3, 0.4) is 0 Å². The van der Waals surface area contributed by atoms with Crippen LogP contribution in [0.15, 0.2) is 120 Å². The fourth-order valence-corrected chi connectivity index (χ4v) is 6.97. The van der Waals surface area contributed by atoms with E-state index in [1.807, 2.05) is 6.08 Å². The lowest BCUT2D eigenvalue weighted by molar-refractivity contribution is 0.931. The highest BCUT2D eigenvalue weighted by Gasteiger charge is 2.23. The van der Waals surface area contributed by atoms with Crippen molar-refractivity contribution in [3.05, 3.63) is 153 Å². The Bertz CT molecular complexity index is 1820. The highest BCUT2D eigenvalue weighted by atomic mass is 15.2. The molecule has 0 saturated carbocycles. The first-order valence-corrected chi connectivity index (χ1v) is 17.5. The summed E-state index contributed by atoms with van der Waals surface area (Å²) in [5, 5.41) is 0. The van der Waals surface area contributed by atoms with Crippen LogP contribution in [0.1, 0.15) is 94.2 Å². The average molecular weight is 637 g/mol. The summed E-state index contributed by atoms with van der Waals surface area (Å²) in [6.07, 6.45) is 21.0. The minimum atomic E-state index is 0.963. The topological polar surface area (TPSA) is 6.48 Å². The van der Waals surface area contributed by atoms with Crippen LogP contribution < -0.4 is 9.80 Å². The van der Waals surface area contributed by atoms with Gasteiger partial charge in [-0.1, -0.05) is 61.1 Å². The van der Waals surface area contributed by atoms with Gasteiger partial charge in [0, 0.05) is 22.8 Å². The lowest BCUT2D eigenvalue weighted by atomic mass is 9.93. The first kappa shape index (κ1) is 36.3. The van der Waals surface area contributed by atoms with Crippen molar-refractivity contribution in [1.82, 2.24) is 0 Å². The molecule has 0 N–H and O–H groups in total. The summed E-state index contributed by atoms with van der Waals surface area (Å²) in [5.41, 5.74) is 19.9. The van der Waals surface area contributed by atoms with Gasteiger partial charge in [0.2, 0.25) is 0 Å². The van der Waals surface area contributed by atoms with Crippen molar-refractivity contribution in [2.75, 3.05) is 9.80 Å². The second kappa shape index (κ2) is 16.0. The third-order valence-corrected chi connectivity index (χ3v) is 9.04. The van der Waals surface area contributed by atoms with Crippen molar-refractivity contribution < 1.29 is 0 Å². The predicted octanol–water partition coefficient (Wildman–Crippen LogP) is 13.8. The highest BCUT2D eigenvalue weighted by Crippen LogP contribution is 2.42. The van der Waals surface area contributed by atoms with Gasteiger partial charge in [-0.15, -0.1) is 0 Å². The molecule has 0 aromatic heterocycles. The molecule has 0 atom stereocenters. The number of hydrogen-bond donors (Lipinski definition) is 0. The normalized spacial score (nSPS) is 13.7. The molecule has 1 aliphatic rings. The maximum absolute atomic E-state index is 4.02. The summed E-state index contributed by atoms with van der Waals surface area (Å²) in [7, 11) is 0. The van der Waals surface area contributed by atoms with Gasteiger partial charge in [0.25, 0.3) is 0 Å². The van der Waals surface area contributed by atoms with Crippen molar-refractivity contribution in [2.24, 2.45) is 0 Å². The zero-order valence-electron chi connectivity index (χ0n) is 31.4. The molecule has 0 spiro atoms. The standard InChI is InChI=1S/C46H56N2/c1-13-18-42(19-14-2)47(41(16-4)24-31(5)6)45-34(9)26-39(27-35(45)10)40-28-36(11)46(37(12)29-40)48(43-21-17-20-32(7)25-43)44-23-22-38(15-3)33(8)30-44/h13,15-16,18-19,21-30H,3,14,17,20H2,1-2,4-12H3/b18-13-,41-16+,42-19+. The van der Waals surface area contributed by atoms with Gasteiger partial charge in [-0.2, -0.15) is 0 Å². The molecule has 0 unspecified atom stereocenters. The number of anilines is 3. The van der Waals surface area contributed by atoms with E-state index in [0.717, 1.165) is 19.3 Å². The van der Waals surface area contributed by atoms with Gasteiger partial charge >= 0.3 is 0 Å². The average Bonchev–Trinajstić information content (AvgIpc) is 3.03. The molecule has 2 heteroatoms. The number of aryl methyl sites for hydroxylation is 5. The Hall–Kier alpha value is -4.56. The Morgan fingerprint density at radius 1 is 0.792 bits per heavy atom. The van der Waals surface area contributed by atoms with Crippen LogP contribution in [-0.2, 0) is 0 Å². The Kier molecular flexibility index (Phi) is 12.1. The molecule has 250 valence electrons. The molecule has 0 bridgehead atoms. The first-order valence-electron chi connectivity index (χ1n) is 17.5. The number of allylic oxidation sites excluding steroid dienone is 9. The van der Waals surface area contributed by atoms with Gasteiger partial charge in [-0.25, -0.2) is 0 Å². The van der Waals surface area contributed by atoms with Crippen LogP contribution in [0.5, 0.6) is 0 Å². The molecular formula is C46H56N2. The minimum absolute atomic E-state index is 0.963. The largest absolute Gasteiger partial charge is 0.311 e. The highest BCUT2D eigenvalue weighted by molar-refractivity contribution is 5.82. The van der Waals surface area contributed by atoms with Crippen LogP contribution >= 0.6 is 0 Å². The second-order valence-electron chi connectivity index (χ2n) is 13.5. The van der Waals surface area contributed by atoms with Crippen LogP contribution in [0.25, 0.3) is 17.2 Å². The van der Waals surface area contributed by atoms with E-state index in [-0.39, 0.29) is 0 Å². The van der Waals surface area contributed by atoms with E-state index in [9.17, 15) is 0 Å². The molecule has 0 fully saturated rings. The Balaban J connectivity index is 1.88. The summed E-state index contributed by atoms with van der Waals surface area (Å²) in [6, 6.07) is 16.2. The van der Waals surface area contributed by atoms with Gasteiger partial charge in [-0.05, 0) is 188 Å². The third-order valence-electron chi connectivity index (χ3n) is 9.04. The summed E-state index contributed by atoms with van der Waals surface area (Å²) in [5.74, 6) is 0. The third kappa shape index (κ3) is 7.93. The number of rotatable bonds is 11. The Labute approximate surface area is 291 Å². The fourth-order valence-electron chi connectivity index (χ4n) is 6.97. The lowest BCUT2D eigenvalue weighted by Crippen LogP contribution is -2.22. The Morgan fingerprint density at radius 3 is 1.88 bits per heavy atom. The van der Waals surface area contributed by atoms with E-state index >= 15 is 0 Å². The molecule has 0 radical (unpaired) electrons. The van der Waals surface area contributed by atoms with Crippen molar-refractivity contribution in [3.63, 3.8) is 0 Å².